The van der Waals surface area contributed by atoms with Crippen LogP contribution >= 0.6 is 0 Å². The third-order valence-corrected chi connectivity index (χ3v) is 3.91. The Balaban J connectivity index is 1.86. The second kappa shape index (κ2) is 9.93. The minimum Gasteiger partial charge on any atom is -0.493 e. The molecule has 0 aliphatic rings. The highest BCUT2D eigenvalue weighted by Gasteiger charge is 2.12. The standard InChI is InChI=1S/C18H27N3O3/c1-3-6-16-17(8-7-15-13-20-24-18(15)16)23-12-5-10-21(14-22)11-9-19-4-2/h7-8,13-14,19H,3-6,9-12H2,1-2H3. The average molecular weight is 333 g/mol. The molecule has 2 rings (SSSR count). The molecule has 6 nitrogen and oxygen atoms in total. The van der Waals surface area contributed by atoms with Gasteiger partial charge in [0.1, 0.15) is 5.75 Å². The predicted molar refractivity (Wildman–Crippen MR) is 94.3 cm³/mol. The molecule has 0 aliphatic carbocycles. The summed E-state index contributed by atoms with van der Waals surface area (Å²) in [4.78, 5) is 12.8. The topological polar surface area (TPSA) is 67.6 Å². The molecule has 2 aromatic rings. The third-order valence-electron chi connectivity index (χ3n) is 3.91. The van der Waals surface area contributed by atoms with Crippen LogP contribution in [0.3, 0.4) is 0 Å². The van der Waals surface area contributed by atoms with E-state index in [0.29, 0.717) is 13.2 Å². The molecule has 0 unspecified atom stereocenters. The van der Waals surface area contributed by atoms with Crippen molar-refractivity contribution < 1.29 is 14.1 Å². The largest absolute Gasteiger partial charge is 0.493 e. The molecule has 132 valence electrons. The van der Waals surface area contributed by atoms with Crippen LogP contribution in [0.4, 0.5) is 0 Å². The molecule has 1 aromatic carbocycles. The lowest BCUT2D eigenvalue weighted by Crippen LogP contribution is -2.32. The Morgan fingerprint density at radius 1 is 1.33 bits per heavy atom. The first kappa shape index (κ1) is 18.3. The van der Waals surface area contributed by atoms with Crippen molar-refractivity contribution in [3.8, 4) is 5.75 Å². The fourth-order valence-corrected chi connectivity index (χ4v) is 2.66. The number of fused-ring (bicyclic) bond motifs is 1. The fraction of sp³-hybridized carbons (Fsp3) is 0.556. The molecule has 0 spiro atoms. The van der Waals surface area contributed by atoms with Gasteiger partial charge < -0.3 is 19.5 Å². The third kappa shape index (κ3) is 4.96. The first-order valence-corrected chi connectivity index (χ1v) is 8.69. The van der Waals surface area contributed by atoms with E-state index in [-0.39, 0.29) is 0 Å². The Morgan fingerprint density at radius 2 is 2.21 bits per heavy atom. The molecule has 1 N–H and O–H groups in total. The second-order valence-corrected chi connectivity index (χ2v) is 5.73. The van der Waals surface area contributed by atoms with Gasteiger partial charge in [-0.15, -0.1) is 0 Å². The van der Waals surface area contributed by atoms with E-state index in [1.807, 2.05) is 12.1 Å². The van der Waals surface area contributed by atoms with Gasteiger partial charge in [-0.25, -0.2) is 0 Å². The van der Waals surface area contributed by atoms with Crippen LogP contribution in [0.25, 0.3) is 11.0 Å². The molecule has 24 heavy (non-hydrogen) atoms. The van der Waals surface area contributed by atoms with E-state index in [4.69, 9.17) is 9.26 Å². The molecule has 0 atom stereocenters. The Bertz CT molecular complexity index is 627. The Morgan fingerprint density at radius 3 is 2.96 bits per heavy atom. The quantitative estimate of drug-likeness (QED) is 0.478. The summed E-state index contributed by atoms with van der Waals surface area (Å²) in [7, 11) is 0. The number of hydrogen-bond donors (Lipinski definition) is 1. The minimum atomic E-state index is 0.571. The highest BCUT2D eigenvalue weighted by Crippen LogP contribution is 2.29. The van der Waals surface area contributed by atoms with Crippen molar-refractivity contribution in [1.82, 2.24) is 15.4 Å². The monoisotopic (exact) mass is 333 g/mol. The average Bonchev–Trinajstić information content (AvgIpc) is 3.07. The van der Waals surface area contributed by atoms with Crippen LogP contribution in [-0.2, 0) is 11.2 Å². The van der Waals surface area contributed by atoms with Gasteiger partial charge in [-0.1, -0.05) is 25.4 Å². The van der Waals surface area contributed by atoms with Gasteiger partial charge in [0.25, 0.3) is 0 Å². The first-order valence-electron chi connectivity index (χ1n) is 8.69. The lowest BCUT2D eigenvalue weighted by molar-refractivity contribution is -0.118. The number of carbonyl (C=O) groups excluding carboxylic acids is 1. The fourth-order valence-electron chi connectivity index (χ4n) is 2.66. The van der Waals surface area contributed by atoms with Crippen molar-refractivity contribution in [3.63, 3.8) is 0 Å². The number of ether oxygens (including phenoxy) is 1. The normalized spacial score (nSPS) is 10.9. The predicted octanol–water partition coefficient (Wildman–Crippen LogP) is 2.62. The number of rotatable bonds is 12. The van der Waals surface area contributed by atoms with Crippen LogP contribution in [0.5, 0.6) is 5.75 Å². The minimum absolute atomic E-state index is 0.571. The van der Waals surface area contributed by atoms with E-state index in [1.54, 1.807) is 11.1 Å². The summed E-state index contributed by atoms with van der Waals surface area (Å²) in [6.07, 6.45) is 5.33. The van der Waals surface area contributed by atoms with Crippen LogP contribution in [0, 0.1) is 0 Å². The number of aromatic nitrogens is 1. The smallest absolute Gasteiger partial charge is 0.209 e. The molecule has 0 saturated heterocycles. The van der Waals surface area contributed by atoms with Gasteiger partial charge in [-0.3, -0.25) is 4.79 Å². The van der Waals surface area contributed by atoms with E-state index < -0.39 is 0 Å². The molecule has 0 radical (unpaired) electrons. The van der Waals surface area contributed by atoms with Gasteiger partial charge in [0.05, 0.1) is 12.8 Å². The molecule has 1 heterocycles. The molecule has 1 aromatic heterocycles. The summed E-state index contributed by atoms with van der Waals surface area (Å²) in [6, 6.07) is 3.95. The van der Waals surface area contributed by atoms with Crippen LogP contribution in [0.1, 0.15) is 32.3 Å². The number of likely N-dealkylation sites (N-methyl/N-ethyl adjacent to an activating group) is 1. The molecular weight excluding hydrogens is 306 g/mol. The maximum absolute atomic E-state index is 11.1. The summed E-state index contributed by atoms with van der Waals surface area (Å²) < 4.78 is 11.3. The van der Waals surface area contributed by atoms with Crippen molar-refractivity contribution in [1.29, 1.82) is 0 Å². The van der Waals surface area contributed by atoms with Gasteiger partial charge in [0, 0.05) is 30.6 Å². The summed E-state index contributed by atoms with van der Waals surface area (Å²) >= 11 is 0. The zero-order valence-corrected chi connectivity index (χ0v) is 14.6. The molecular formula is C18H27N3O3. The summed E-state index contributed by atoms with van der Waals surface area (Å²) in [5.41, 5.74) is 1.89. The van der Waals surface area contributed by atoms with E-state index in [1.165, 1.54) is 0 Å². The molecule has 0 saturated carbocycles. The summed E-state index contributed by atoms with van der Waals surface area (Å²) in [5.74, 6) is 0.853. The van der Waals surface area contributed by atoms with Crippen molar-refractivity contribution in [2.24, 2.45) is 0 Å². The maximum atomic E-state index is 11.1. The van der Waals surface area contributed by atoms with Gasteiger partial charge >= 0.3 is 0 Å². The first-order chi connectivity index (χ1) is 11.8. The van der Waals surface area contributed by atoms with Crippen molar-refractivity contribution in [2.75, 3.05) is 32.8 Å². The number of benzene rings is 1. The number of nitrogens with one attached hydrogen (secondary N) is 1. The molecule has 1 amide bonds. The molecule has 0 fully saturated rings. The maximum Gasteiger partial charge on any atom is 0.209 e. The van der Waals surface area contributed by atoms with Gasteiger partial charge in [-0.2, -0.15) is 0 Å². The number of amides is 1. The van der Waals surface area contributed by atoms with Crippen LogP contribution in [0.2, 0.25) is 0 Å². The summed E-state index contributed by atoms with van der Waals surface area (Å²) in [6.45, 7) is 7.91. The number of nitrogens with zero attached hydrogens (tertiary/aromatic N) is 2. The second-order valence-electron chi connectivity index (χ2n) is 5.73. The lowest BCUT2D eigenvalue weighted by atomic mass is 10.1. The lowest BCUT2D eigenvalue weighted by Gasteiger charge is -2.18. The van der Waals surface area contributed by atoms with Gasteiger partial charge in [0.15, 0.2) is 5.58 Å². The van der Waals surface area contributed by atoms with Crippen molar-refractivity contribution >= 4 is 17.4 Å². The SMILES string of the molecule is CCCc1c(OCCCN(C=O)CCNCC)ccc2cnoc12. The van der Waals surface area contributed by atoms with Crippen LogP contribution in [0.15, 0.2) is 22.9 Å². The highest BCUT2D eigenvalue weighted by atomic mass is 16.5. The molecule has 0 aliphatic heterocycles. The highest BCUT2D eigenvalue weighted by molar-refractivity contribution is 5.81. The summed E-state index contributed by atoms with van der Waals surface area (Å²) in [5, 5.41) is 8.09. The van der Waals surface area contributed by atoms with E-state index in [9.17, 15) is 4.79 Å². The van der Waals surface area contributed by atoms with E-state index in [2.05, 4.69) is 24.3 Å². The van der Waals surface area contributed by atoms with E-state index >= 15 is 0 Å². The van der Waals surface area contributed by atoms with Crippen LogP contribution < -0.4 is 10.1 Å². The Labute approximate surface area is 143 Å². The Kier molecular flexibility index (Phi) is 7.55. The van der Waals surface area contributed by atoms with Gasteiger partial charge in [-0.05, 0) is 31.5 Å². The van der Waals surface area contributed by atoms with E-state index in [0.717, 1.165) is 67.6 Å². The number of hydrogen-bond acceptors (Lipinski definition) is 5. The zero-order chi connectivity index (χ0) is 17.2. The van der Waals surface area contributed by atoms with Gasteiger partial charge in [0.2, 0.25) is 6.41 Å². The number of carbonyl (C=O) groups is 1. The zero-order valence-electron chi connectivity index (χ0n) is 14.6. The number of aryl methyl sites for hydroxylation is 1. The van der Waals surface area contributed by atoms with Crippen molar-refractivity contribution in [2.45, 2.75) is 33.1 Å². The van der Waals surface area contributed by atoms with Crippen molar-refractivity contribution in [3.05, 3.63) is 23.9 Å². The Hall–Kier alpha value is -2.08. The molecule has 6 heteroatoms. The van der Waals surface area contributed by atoms with Crippen LogP contribution in [-0.4, -0.2) is 49.3 Å². The molecule has 0 bridgehead atoms.